The minimum Gasteiger partial charge on any atom is -0.384 e. The van der Waals surface area contributed by atoms with Gasteiger partial charge in [0.1, 0.15) is 11.9 Å². The Morgan fingerprint density at radius 3 is 2.83 bits per heavy atom. The summed E-state index contributed by atoms with van der Waals surface area (Å²) in [5, 5.41) is 18.7. The highest BCUT2D eigenvalue weighted by molar-refractivity contribution is 5.48. The molecule has 0 unspecified atom stereocenters. The predicted molar refractivity (Wildman–Crippen MR) is 40.0 cm³/mol. The van der Waals surface area contributed by atoms with Crippen LogP contribution >= 0.6 is 0 Å². The molecule has 0 radical (unpaired) electrons. The van der Waals surface area contributed by atoms with Gasteiger partial charge < -0.3 is 5.73 Å². The molecule has 0 aliphatic heterocycles. The van der Waals surface area contributed by atoms with Crippen molar-refractivity contribution in [2.45, 2.75) is 0 Å². The van der Waals surface area contributed by atoms with Gasteiger partial charge in [0, 0.05) is 6.07 Å². The molecule has 12 heavy (non-hydrogen) atoms. The fourth-order valence-corrected chi connectivity index (χ4v) is 0.696. The Morgan fingerprint density at radius 2 is 2.33 bits per heavy atom. The van der Waals surface area contributed by atoms with Crippen LogP contribution in [0.25, 0.3) is 0 Å². The molecule has 1 rings (SSSR count). The molecule has 1 aromatic heterocycles. The van der Waals surface area contributed by atoms with Crippen molar-refractivity contribution >= 4 is 11.5 Å². The van der Waals surface area contributed by atoms with Crippen LogP contribution in [-0.2, 0) is 0 Å². The molecule has 6 heteroatoms. The van der Waals surface area contributed by atoms with Gasteiger partial charge in [-0.25, -0.2) is 4.98 Å². The minimum absolute atomic E-state index is 0.0946. The number of nitrogens with zero attached hydrogens (tertiary/aromatic N) is 3. The van der Waals surface area contributed by atoms with E-state index in [1.54, 1.807) is 6.07 Å². The molecule has 0 bridgehead atoms. The van der Waals surface area contributed by atoms with E-state index in [9.17, 15) is 10.1 Å². The molecule has 0 fully saturated rings. The van der Waals surface area contributed by atoms with Gasteiger partial charge in [0.05, 0.1) is 4.92 Å². The number of anilines is 1. The zero-order valence-corrected chi connectivity index (χ0v) is 5.89. The maximum Gasteiger partial charge on any atom is 0.305 e. The molecule has 1 heterocycles. The van der Waals surface area contributed by atoms with E-state index < -0.39 is 4.92 Å². The molecule has 0 saturated carbocycles. The van der Waals surface area contributed by atoms with Gasteiger partial charge >= 0.3 is 5.69 Å². The van der Waals surface area contributed by atoms with Crippen LogP contribution in [0.4, 0.5) is 11.5 Å². The molecule has 6 nitrogen and oxygen atoms in total. The summed E-state index contributed by atoms with van der Waals surface area (Å²) in [6.07, 6.45) is 0. The van der Waals surface area contributed by atoms with Gasteiger partial charge in [-0.2, -0.15) is 5.26 Å². The molecule has 0 aliphatic carbocycles. The molecule has 60 valence electrons. The molecule has 0 amide bonds. The van der Waals surface area contributed by atoms with E-state index in [4.69, 9.17) is 11.0 Å². The third-order valence-corrected chi connectivity index (χ3v) is 1.20. The molecule has 0 aromatic carbocycles. The number of pyridine rings is 1. The number of nitrogens with two attached hydrogens (primary N) is 1. The minimum atomic E-state index is -0.676. The largest absolute Gasteiger partial charge is 0.384 e. The average Bonchev–Trinajstić information content (AvgIpc) is 2.03. The van der Waals surface area contributed by atoms with Gasteiger partial charge in [0.2, 0.25) is 5.69 Å². The number of nitriles is 1. The van der Waals surface area contributed by atoms with E-state index in [1.165, 1.54) is 6.07 Å². The quantitative estimate of drug-likeness (QED) is 0.478. The number of nitrogen functional groups attached to an aromatic ring is 1. The lowest BCUT2D eigenvalue weighted by molar-refractivity contribution is -0.385. The lowest BCUT2D eigenvalue weighted by atomic mass is 10.3. The van der Waals surface area contributed by atoms with Crippen molar-refractivity contribution in [3.8, 4) is 6.07 Å². The van der Waals surface area contributed by atoms with E-state index in [-0.39, 0.29) is 17.2 Å². The standard InChI is InChI=1S/C6H4N4O2/c7-3-4-5(10(11)12)1-2-6(8)9-4/h1-2H,(H2,8,9). The lowest BCUT2D eigenvalue weighted by Gasteiger charge is -1.93. The summed E-state index contributed by atoms with van der Waals surface area (Å²) < 4.78 is 0. The highest BCUT2D eigenvalue weighted by Crippen LogP contribution is 2.15. The van der Waals surface area contributed by atoms with Gasteiger partial charge in [0.15, 0.2) is 0 Å². The van der Waals surface area contributed by atoms with Gasteiger partial charge in [-0.05, 0) is 6.07 Å². The Hall–Kier alpha value is -2.16. The molecule has 1 aromatic rings. The van der Waals surface area contributed by atoms with Crippen LogP contribution in [0.5, 0.6) is 0 Å². The number of rotatable bonds is 1. The maximum atomic E-state index is 10.3. The monoisotopic (exact) mass is 164 g/mol. The summed E-state index contributed by atoms with van der Waals surface area (Å²) >= 11 is 0. The molecule has 0 spiro atoms. The zero-order chi connectivity index (χ0) is 9.14. The summed E-state index contributed by atoms with van der Waals surface area (Å²) in [4.78, 5) is 13.1. The maximum absolute atomic E-state index is 10.3. The fraction of sp³-hybridized carbons (Fsp3) is 0. The second-order valence-electron chi connectivity index (χ2n) is 1.97. The lowest BCUT2D eigenvalue weighted by Crippen LogP contribution is -1.98. The van der Waals surface area contributed by atoms with Crippen molar-refractivity contribution in [1.82, 2.24) is 4.98 Å². The molecule has 0 atom stereocenters. The zero-order valence-electron chi connectivity index (χ0n) is 5.89. The summed E-state index contributed by atoms with van der Waals surface area (Å²) in [6, 6.07) is 4.02. The van der Waals surface area contributed by atoms with E-state index >= 15 is 0 Å². The van der Waals surface area contributed by atoms with Crippen LogP contribution in [0.1, 0.15) is 5.69 Å². The van der Waals surface area contributed by atoms with Gasteiger partial charge in [-0.15, -0.1) is 0 Å². The number of aromatic nitrogens is 1. The van der Waals surface area contributed by atoms with Gasteiger partial charge in [-0.1, -0.05) is 0 Å². The normalized spacial score (nSPS) is 8.92. The molecular weight excluding hydrogens is 160 g/mol. The summed E-state index contributed by atoms with van der Waals surface area (Å²) in [7, 11) is 0. The van der Waals surface area contributed by atoms with Gasteiger partial charge in [-0.3, -0.25) is 10.1 Å². The van der Waals surface area contributed by atoms with Crippen molar-refractivity contribution in [2.24, 2.45) is 0 Å². The van der Waals surface area contributed by atoms with Crippen LogP contribution < -0.4 is 5.73 Å². The van der Waals surface area contributed by atoms with Gasteiger partial charge in [0.25, 0.3) is 0 Å². The van der Waals surface area contributed by atoms with Crippen LogP contribution in [-0.4, -0.2) is 9.91 Å². The van der Waals surface area contributed by atoms with Crippen LogP contribution in [0, 0.1) is 21.4 Å². The topological polar surface area (TPSA) is 106 Å². The molecule has 0 aliphatic rings. The molecule has 0 saturated heterocycles. The summed E-state index contributed by atoms with van der Waals surface area (Å²) in [5.41, 5.74) is 4.63. The van der Waals surface area contributed by atoms with E-state index in [2.05, 4.69) is 4.98 Å². The second-order valence-corrected chi connectivity index (χ2v) is 1.97. The fourth-order valence-electron chi connectivity index (χ4n) is 0.696. The van der Waals surface area contributed by atoms with Crippen LogP contribution in [0.2, 0.25) is 0 Å². The first kappa shape index (κ1) is 7.94. The third-order valence-electron chi connectivity index (χ3n) is 1.20. The Balaban J connectivity index is 3.32. The molecular formula is C6H4N4O2. The van der Waals surface area contributed by atoms with Crippen molar-refractivity contribution in [3.05, 3.63) is 27.9 Å². The highest BCUT2D eigenvalue weighted by atomic mass is 16.6. The Kier molecular flexibility index (Phi) is 1.88. The first-order valence-electron chi connectivity index (χ1n) is 2.96. The smallest absolute Gasteiger partial charge is 0.305 e. The van der Waals surface area contributed by atoms with Crippen LogP contribution in [0.3, 0.4) is 0 Å². The number of hydrogen-bond acceptors (Lipinski definition) is 5. The van der Waals surface area contributed by atoms with Crippen molar-refractivity contribution in [2.75, 3.05) is 5.73 Å². The van der Waals surface area contributed by atoms with Crippen molar-refractivity contribution < 1.29 is 4.92 Å². The number of nitro groups is 1. The predicted octanol–water partition coefficient (Wildman–Crippen LogP) is 0.444. The number of hydrogen-bond donors (Lipinski definition) is 1. The van der Waals surface area contributed by atoms with Crippen molar-refractivity contribution in [3.63, 3.8) is 0 Å². The van der Waals surface area contributed by atoms with E-state index in [0.29, 0.717) is 0 Å². The summed E-state index contributed by atoms with van der Waals surface area (Å²) in [5.74, 6) is 0.0946. The third kappa shape index (κ3) is 1.29. The highest BCUT2D eigenvalue weighted by Gasteiger charge is 2.14. The Morgan fingerprint density at radius 1 is 1.67 bits per heavy atom. The summed E-state index contributed by atoms with van der Waals surface area (Å²) in [6.45, 7) is 0. The second kappa shape index (κ2) is 2.84. The Bertz CT molecular complexity index is 368. The van der Waals surface area contributed by atoms with E-state index in [0.717, 1.165) is 6.07 Å². The molecule has 2 N–H and O–H groups in total. The Labute approximate surface area is 67.4 Å². The van der Waals surface area contributed by atoms with Crippen LogP contribution in [0.15, 0.2) is 12.1 Å². The first-order valence-corrected chi connectivity index (χ1v) is 2.96. The SMILES string of the molecule is N#Cc1nc(N)ccc1[N+](=O)[O-]. The first-order chi connectivity index (χ1) is 5.65. The van der Waals surface area contributed by atoms with Crippen molar-refractivity contribution in [1.29, 1.82) is 5.26 Å². The van der Waals surface area contributed by atoms with E-state index in [1.807, 2.05) is 0 Å². The average molecular weight is 164 g/mol.